The Kier molecular flexibility index (Phi) is 4.94. The molecule has 0 bridgehead atoms. The van der Waals surface area contributed by atoms with Crippen LogP contribution in [0.1, 0.15) is 50.0 Å². The first-order valence-electron chi connectivity index (χ1n) is 6.69. The van der Waals surface area contributed by atoms with Gasteiger partial charge in [-0.15, -0.1) is 0 Å². The van der Waals surface area contributed by atoms with Gasteiger partial charge in [0.1, 0.15) is 0 Å². The first-order valence-corrected chi connectivity index (χ1v) is 6.69. The van der Waals surface area contributed by atoms with E-state index in [1.165, 1.54) is 5.56 Å². The second kappa shape index (κ2) is 6.03. The molecular formula is C16H25NO. The molecule has 0 aliphatic carbocycles. The van der Waals surface area contributed by atoms with Gasteiger partial charge < -0.3 is 4.90 Å². The number of nitrogens with zero attached hydrogens (tertiary/aromatic N) is 1. The maximum absolute atomic E-state index is 12.4. The predicted octanol–water partition coefficient (Wildman–Crippen LogP) is 3.89. The van der Waals surface area contributed by atoms with E-state index in [-0.39, 0.29) is 11.3 Å². The Labute approximate surface area is 111 Å². The van der Waals surface area contributed by atoms with Crippen LogP contribution in [-0.4, -0.2) is 23.9 Å². The van der Waals surface area contributed by atoms with E-state index in [9.17, 15) is 4.79 Å². The maximum Gasteiger partial charge on any atom is 0.253 e. The van der Waals surface area contributed by atoms with Crippen LogP contribution in [0.3, 0.4) is 0 Å². The maximum atomic E-state index is 12.4. The van der Waals surface area contributed by atoms with E-state index in [1.54, 1.807) is 0 Å². The second-order valence-corrected chi connectivity index (χ2v) is 6.15. The van der Waals surface area contributed by atoms with Crippen molar-refractivity contribution in [3.05, 3.63) is 35.4 Å². The third-order valence-electron chi connectivity index (χ3n) is 2.74. The molecule has 0 fully saturated rings. The Morgan fingerprint density at radius 2 is 1.72 bits per heavy atom. The normalized spacial score (nSPS) is 11.4. The zero-order valence-electron chi connectivity index (χ0n) is 12.3. The van der Waals surface area contributed by atoms with Gasteiger partial charge in [0.15, 0.2) is 0 Å². The molecule has 0 aliphatic heterocycles. The van der Waals surface area contributed by atoms with Crippen molar-refractivity contribution in [2.75, 3.05) is 13.1 Å². The molecule has 18 heavy (non-hydrogen) atoms. The highest BCUT2D eigenvalue weighted by Gasteiger charge is 2.21. The van der Waals surface area contributed by atoms with Gasteiger partial charge in [-0.3, -0.25) is 4.79 Å². The fourth-order valence-electron chi connectivity index (χ4n) is 1.97. The van der Waals surface area contributed by atoms with Crippen molar-refractivity contribution < 1.29 is 4.79 Å². The van der Waals surface area contributed by atoms with Crippen molar-refractivity contribution in [2.24, 2.45) is 5.41 Å². The van der Waals surface area contributed by atoms with Crippen molar-refractivity contribution in [3.63, 3.8) is 0 Å². The molecule has 0 radical (unpaired) electrons. The van der Waals surface area contributed by atoms with Crippen LogP contribution in [-0.2, 0) is 0 Å². The van der Waals surface area contributed by atoms with Crippen LogP contribution in [0.5, 0.6) is 0 Å². The molecule has 100 valence electrons. The summed E-state index contributed by atoms with van der Waals surface area (Å²) >= 11 is 0. The highest BCUT2D eigenvalue weighted by Crippen LogP contribution is 2.17. The molecule has 0 unspecified atom stereocenters. The molecule has 0 aliphatic rings. The summed E-state index contributed by atoms with van der Waals surface area (Å²) in [6.07, 6.45) is 0.994. The number of hydrogen-bond donors (Lipinski definition) is 0. The van der Waals surface area contributed by atoms with Crippen LogP contribution in [0.4, 0.5) is 0 Å². The fourth-order valence-corrected chi connectivity index (χ4v) is 1.97. The van der Waals surface area contributed by atoms with Crippen LogP contribution in [0, 0.1) is 12.3 Å². The number of benzene rings is 1. The van der Waals surface area contributed by atoms with Crippen molar-refractivity contribution in [1.29, 1.82) is 0 Å². The summed E-state index contributed by atoms with van der Waals surface area (Å²) in [6, 6.07) is 7.83. The molecule has 0 aromatic heterocycles. The lowest BCUT2D eigenvalue weighted by Gasteiger charge is -2.30. The molecule has 0 spiro atoms. The van der Waals surface area contributed by atoms with E-state index < -0.39 is 0 Å². The average Bonchev–Trinajstić information content (AvgIpc) is 2.27. The SMILES string of the molecule is CCCN(CC(C)(C)C)C(=O)c1ccc(C)cc1. The summed E-state index contributed by atoms with van der Waals surface area (Å²) in [5.41, 5.74) is 2.11. The van der Waals surface area contributed by atoms with Gasteiger partial charge in [0.05, 0.1) is 0 Å². The largest absolute Gasteiger partial charge is 0.338 e. The Hall–Kier alpha value is -1.31. The topological polar surface area (TPSA) is 20.3 Å². The highest BCUT2D eigenvalue weighted by atomic mass is 16.2. The molecule has 1 amide bonds. The monoisotopic (exact) mass is 247 g/mol. The Morgan fingerprint density at radius 1 is 1.17 bits per heavy atom. The van der Waals surface area contributed by atoms with E-state index in [4.69, 9.17) is 0 Å². The molecule has 0 N–H and O–H groups in total. The smallest absolute Gasteiger partial charge is 0.253 e. The second-order valence-electron chi connectivity index (χ2n) is 6.15. The number of carbonyl (C=O) groups excluding carboxylic acids is 1. The van der Waals surface area contributed by atoms with Crippen molar-refractivity contribution in [3.8, 4) is 0 Å². The molecule has 0 saturated heterocycles. The minimum absolute atomic E-state index is 0.134. The first kappa shape index (κ1) is 14.7. The Balaban J connectivity index is 2.85. The summed E-state index contributed by atoms with van der Waals surface area (Å²) in [4.78, 5) is 14.4. The molecule has 2 heteroatoms. The summed E-state index contributed by atoms with van der Waals surface area (Å²) < 4.78 is 0. The molecule has 1 aromatic rings. The van der Waals surface area contributed by atoms with E-state index in [0.29, 0.717) is 0 Å². The third kappa shape index (κ3) is 4.52. The minimum Gasteiger partial charge on any atom is -0.338 e. The predicted molar refractivity (Wildman–Crippen MR) is 76.8 cm³/mol. The van der Waals surface area contributed by atoms with Gasteiger partial charge in [-0.1, -0.05) is 45.4 Å². The van der Waals surface area contributed by atoms with Crippen LogP contribution in [0.25, 0.3) is 0 Å². The fraction of sp³-hybridized carbons (Fsp3) is 0.562. The van der Waals surface area contributed by atoms with Gasteiger partial charge in [-0.25, -0.2) is 0 Å². The van der Waals surface area contributed by atoms with E-state index >= 15 is 0 Å². The minimum atomic E-state index is 0.134. The van der Waals surface area contributed by atoms with Gasteiger partial charge in [-0.05, 0) is 30.9 Å². The van der Waals surface area contributed by atoms with Crippen LogP contribution in [0.2, 0.25) is 0 Å². The van der Waals surface area contributed by atoms with Gasteiger partial charge >= 0.3 is 0 Å². The van der Waals surface area contributed by atoms with E-state index in [2.05, 4.69) is 27.7 Å². The lowest BCUT2D eigenvalue weighted by molar-refractivity contribution is 0.0695. The number of hydrogen-bond acceptors (Lipinski definition) is 1. The molecule has 0 atom stereocenters. The van der Waals surface area contributed by atoms with Crippen LogP contribution < -0.4 is 0 Å². The number of carbonyl (C=O) groups is 1. The summed E-state index contributed by atoms with van der Waals surface area (Å²) in [6.45, 7) is 12.3. The number of amides is 1. The summed E-state index contributed by atoms with van der Waals surface area (Å²) in [5, 5.41) is 0. The quantitative estimate of drug-likeness (QED) is 0.790. The highest BCUT2D eigenvalue weighted by molar-refractivity contribution is 5.94. The molecule has 0 heterocycles. The van der Waals surface area contributed by atoms with Crippen molar-refractivity contribution in [2.45, 2.75) is 41.0 Å². The summed E-state index contributed by atoms with van der Waals surface area (Å²) in [5.74, 6) is 0.145. The first-order chi connectivity index (χ1) is 8.33. The Bertz CT molecular complexity index is 387. The van der Waals surface area contributed by atoms with Gasteiger partial charge in [0.25, 0.3) is 5.91 Å². The Morgan fingerprint density at radius 3 is 2.17 bits per heavy atom. The average molecular weight is 247 g/mol. The zero-order valence-corrected chi connectivity index (χ0v) is 12.3. The number of rotatable bonds is 4. The van der Waals surface area contributed by atoms with Gasteiger partial charge in [0.2, 0.25) is 0 Å². The number of aryl methyl sites for hydroxylation is 1. The van der Waals surface area contributed by atoms with Crippen LogP contribution in [0.15, 0.2) is 24.3 Å². The van der Waals surface area contributed by atoms with Gasteiger partial charge in [0, 0.05) is 18.7 Å². The molecule has 2 nitrogen and oxygen atoms in total. The van der Waals surface area contributed by atoms with E-state index in [0.717, 1.165) is 25.1 Å². The lowest BCUT2D eigenvalue weighted by atomic mass is 9.95. The zero-order chi connectivity index (χ0) is 13.8. The lowest BCUT2D eigenvalue weighted by Crippen LogP contribution is -2.38. The van der Waals surface area contributed by atoms with Gasteiger partial charge in [-0.2, -0.15) is 0 Å². The van der Waals surface area contributed by atoms with E-state index in [1.807, 2.05) is 36.1 Å². The molecule has 1 aromatic carbocycles. The van der Waals surface area contributed by atoms with Crippen molar-refractivity contribution in [1.82, 2.24) is 4.90 Å². The standard InChI is InChI=1S/C16H25NO/c1-6-11-17(12-16(3,4)5)15(18)14-9-7-13(2)8-10-14/h7-10H,6,11-12H2,1-5H3. The molecule has 0 saturated carbocycles. The molecular weight excluding hydrogens is 222 g/mol. The van der Waals surface area contributed by atoms with Crippen LogP contribution >= 0.6 is 0 Å². The molecule has 1 rings (SSSR count). The third-order valence-corrected chi connectivity index (χ3v) is 2.74. The van der Waals surface area contributed by atoms with Crippen molar-refractivity contribution >= 4 is 5.91 Å². The summed E-state index contributed by atoms with van der Waals surface area (Å²) in [7, 11) is 0.